The largest absolute Gasteiger partial charge is 0.496 e. The molecule has 3 rings (SSSR count). The summed E-state index contributed by atoms with van der Waals surface area (Å²) in [4.78, 5) is 26.3. The molecular weight excluding hydrogens is 459 g/mol. The zero-order valence-corrected chi connectivity index (χ0v) is 19.7. The highest BCUT2D eigenvalue weighted by Crippen LogP contribution is 2.38. The quantitative estimate of drug-likeness (QED) is 0.387. The van der Waals surface area contributed by atoms with Crippen molar-refractivity contribution in [2.24, 2.45) is 0 Å². The number of nitrogens with zero attached hydrogens (tertiary/aromatic N) is 1. The standard InChI is InChI=1S/C27H26F3NO4/c1-18(32)31(16-19-7-5-4-6-8-19)17-23-21(15-25(33)35-3)11-14-24(34-2)26(23)20-9-12-22(13-10-20)27(28,29)30/h4-14H,15-17H2,1-3H3. The number of carbonyl (C=O) groups is 2. The topological polar surface area (TPSA) is 55.8 Å². The number of carbonyl (C=O) groups excluding carboxylic acids is 2. The van der Waals surface area contributed by atoms with Gasteiger partial charge in [0, 0.05) is 25.6 Å². The minimum absolute atomic E-state index is 0.0689. The lowest BCUT2D eigenvalue weighted by molar-refractivity contribution is -0.140. The third-order valence-electron chi connectivity index (χ3n) is 5.67. The molecule has 0 atom stereocenters. The number of alkyl halides is 3. The molecule has 0 fully saturated rings. The number of methoxy groups -OCH3 is 2. The van der Waals surface area contributed by atoms with E-state index in [1.165, 1.54) is 33.3 Å². The first-order valence-electron chi connectivity index (χ1n) is 10.9. The van der Waals surface area contributed by atoms with Crippen molar-refractivity contribution in [1.29, 1.82) is 0 Å². The molecule has 0 N–H and O–H groups in total. The van der Waals surface area contributed by atoms with Gasteiger partial charge in [-0.1, -0.05) is 48.5 Å². The Labute approximate surface area is 202 Å². The van der Waals surface area contributed by atoms with Crippen molar-refractivity contribution in [2.45, 2.75) is 32.6 Å². The fraction of sp³-hybridized carbons (Fsp3) is 0.259. The lowest BCUT2D eigenvalue weighted by Crippen LogP contribution is -2.28. The number of halogens is 3. The molecule has 3 aromatic rings. The molecule has 5 nitrogen and oxygen atoms in total. The molecule has 0 radical (unpaired) electrons. The second-order valence-corrected chi connectivity index (χ2v) is 7.97. The Bertz CT molecular complexity index is 1180. The molecule has 0 aliphatic carbocycles. The van der Waals surface area contributed by atoms with Gasteiger partial charge in [0.2, 0.25) is 5.91 Å². The fourth-order valence-corrected chi connectivity index (χ4v) is 3.83. The Morgan fingerprint density at radius 1 is 0.886 bits per heavy atom. The summed E-state index contributed by atoms with van der Waals surface area (Å²) in [6, 6.07) is 17.5. The van der Waals surface area contributed by atoms with Gasteiger partial charge in [-0.05, 0) is 40.5 Å². The van der Waals surface area contributed by atoms with E-state index in [1.807, 2.05) is 30.3 Å². The Morgan fingerprint density at radius 2 is 1.54 bits per heavy atom. The van der Waals surface area contributed by atoms with E-state index in [9.17, 15) is 22.8 Å². The Kier molecular flexibility index (Phi) is 8.17. The van der Waals surface area contributed by atoms with Gasteiger partial charge in [0.15, 0.2) is 0 Å². The number of hydrogen-bond acceptors (Lipinski definition) is 4. The minimum Gasteiger partial charge on any atom is -0.496 e. The lowest BCUT2D eigenvalue weighted by Gasteiger charge is -2.26. The maximum Gasteiger partial charge on any atom is 0.416 e. The van der Waals surface area contributed by atoms with Crippen molar-refractivity contribution in [1.82, 2.24) is 4.90 Å². The van der Waals surface area contributed by atoms with Crippen LogP contribution in [0.5, 0.6) is 5.75 Å². The maximum absolute atomic E-state index is 13.1. The Morgan fingerprint density at radius 3 is 2.09 bits per heavy atom. The van der Waals surface area contributed by atoms with Crippen LogP contribution in [-0.4, -0.2) is 31.0 Å². The van der Waals surface area contributed by atoms with Crippen molar-refractivity contribution in [3.63, 3.8) is 0 Å². The van der Waals surface area contributed by atoms with Crippen LogP contribution in [0.4, 0.5) is 13.2 Å². The van der Waals surface area contributed by atoms with E-state index in [4.69, 9.17) is 9.47 Å². The molecule has 0 unspecified atom stereocenters. The van der Waals surface area contributed by atoms with E-state index >= 15 is 0 Å². The Balaban J connectivity index is 2.15. The summed E-state index contributed by atoms with van der Waals surface area (Å²) in [6.45, 7) is 1.88. The van der Waals surface area contributed by atoms with E-state index in [1.54, 1.807) is 17.0 Å². The number of rotatable bonds is 8. The van der Waals surface area contributed by atoms with E-state index in [2.05, 4.69) is 0 Å². The number of esters is 1. The fourth-order valence-electron chi connectivity index (χ4n) is 3.83. The van der Waals surface area contributed by atoms with Crippen molar-refractivity contribution < 1.29 is 32.2 Å². The van der Waals surface area contributed by atoms with Crippen molar-refractivity contribution in [3.8, 4) is 16.9 Å². The predicted molar refractivity (Wildman–Crippen MR) is 126 cm³/mol. The van der Waals surface area contributed by atoms with E-state index in [-0.39, 0.29) is 18.9 Å². The summed E-state index contributed by atoms with van der Waals surface area (Å²) in [7, 11) is 2.74. The smallest absolute Gasteiger partial charge is 0.416 e. The first-order valence-corrected chi connectivity index (χ1v) is 10.9. The monoisotopic (exact) mass is 485 g/mol. The van der Waals surface area contributed by atoms with Gasteiger partial charge in [-0.3, -0.25) is 9.59 Å². The van der Waals surface area contributed by atoms with Crippen LogP contribution in [0.25, 0.3) is 11.1 Å². The highest BCUT2D eigenvalue weighted by atomic mass is 19.4. The van der Waals surface area contributed by atoms with Gasteiger partial charge in [0.1, 0.15) is 5.75 Å². The molecule has 0 aliphatic rings. The summed E-state index contributed by atoms with van der Waals surface area (Å²) < 4.78 is 49.8. The van der Waals surface area contributed by atoms with Crippen LogP contribution >= 0.6 is 0 Å². The molecule has 0 aromatic heterocycles. The van der Waals surface area contributed by atoms with E-state index < -0.39 is 17.7 Å². The summed E-state index contributed by atoms with van der Waals surface area (Å²) >= 11 is 0. The molecule has 35 heavy (non-hydrogen) atoms. The first kappa shape index (κ1) is 25.8. The molecule has 0 heterocycles. The SMILES string of the molecule is COC(=O)Cc1ccc(OC)c(-c2ccc(C(F)(F)F)cc2)c1CN(Cc1ccccc1)C(C)=O. The van der Waals surface area contributed by atoms with Crippen LogP contribution in [-0.2, 0) is 40.0 Å². The summed E-state index contributed by atoms with van der Waals surface area (Å²) in [6.07, 6.45) is -4.54. The molecule has 0 saturated carbocycles. The average molecular weight is 486 g/mol. The van der Waals surface area contributed by atoms with Gasteiger partial charge >= 0.3 is 12.1 Å². The molecule has 8 heteroatoms. The third kappa shape index (κ3) is 6.41. The van der Waals surface area contributed by atoms with Crippen LogP contribution < -0.4 is 4.74 Å². The van der Waals surface area contributed by atoms with Gasteiger partial charge < -0.3 is 14.4 Å². The molecule has 1 amide bonds. The number of ether oxygens (including phenoxy) is 2. The number of benzene rings is 3. The van der Waals surface area contributed by atoms with Gasteiger partial charge in [0.05, 0.1) is 26.2 Å². The van der Waals surface area contributed by atoms with Gasteiger partial charge in [-0.2, -0.15) is 13.2 Å². The zero-order chi connectivity index (χ0) is 25.6. The van der Waals surface area contributed by atoms with Crippen LogP contribution in [0.3, 0.4) is 0 Å². The first-order chi connectivity index (χ1) is 16.6. The number of amides is 1. The van der Waals surface area contributed by atoms with Crippen molar-refractivity contribution in [2.75, 3.05) is 14.2 Å². The highest BCUT2D eigenvalue weighted by molar-refractivity contribution is 5.80. The average Bonchev–Trinajstić information content (AvgIpc) is 2.84. The second kappa shape index (κ2) is 11.1. The minimum atomic E-state index is -4.47. The second-order valence-electron chi connectivity index (χ2n) is 7.97. The van der Waals surface area contributed by atoms with Crippen LogP contribution in [0.2, 0.25) is 0 Å². The van der Waals surface area contributed by atoms with Crippen LogP contribution in [0.15, 0.2) is 66.7 Å². The summed E-state index contributed by atoms with van der Waals surface area (Å²) in [5, 5.41) is 0. The van der Waals surface area contributed by atoms with Crippen LogP contribution in [0, 0.1) is 0 Å². The third-order valence-corrected chi connectivity index (χ3v) is 5.67. The molecule has 184 valence electrons. The molecule has 0 saturated heterocycles. The molecular formula is C27H26F3NO4. The number of hydrogen-bond donors (Lipinski definition) is 0. The van der Waals surface area contributed by atoms with Crippen LogP contribution in [0.1, 0.15) is 29.2 Å². The molecule has 0 bridgehead atoms. The lowest BCUT2D eigenvalue weighted by atomic mass is 9.91. The van der Waals surface area contributed by atoms with Gasteiger partial charge in [-0.25, -0.2) is 0 Å². The van der Waals surface area contributed by atoms with E-state index in [0.717, 1.165) is 17.7 Å². The zero-order valence-electron chi connectivity index (χ0n) is 19.7. The summed E-state index contributed by atoms with van der Waals surface area (Å²) in [5.74, 6) is -0.261. The predicted octanol–water partition coefficient (Wildman–Crippen LogP) is 5.65. The molecule has 3 aromatic carbocycles. The van der Waals surface area contributed by atoms with Gasteiger partial charge in [0.25, 0.3) is 0 Å². The van der Waals surface area contributed by atoms with Crippen molar-refractivity contribution >= 4 is 11.9 Å². The maximum atomic E-state index is 13.1. The highest BCUT2D eigenvalue weighted by Gasteiger charge is 2.30. The van der Waals surface area contributed by atoms with E-state index in [0.29, 0.717) is 34.5 Å². The molecule has 0 spiro atoms. The van der Waals surface area contributed by atoms with Gasteiger partial charge in [-0.15, -0.1) is 0 Å². The molecule has 0 aliphatic heterocycles. The Hall–Kier alpha value is -3.81. The normalized spacial score (nSPS) is 11.1. The summed E-state index contributed by atoms with van der Waals surface area (Å²) in [5.41, 5.74) is 2.31. The van der Waals surface area contributed by atoms with Crippen molar-refractivity contribution in [3.05, 3.63) is 89.0 Å².